The van der Waals surface area contributed by atoms with Gasteiger partial charge >= 0.3 is 5.97 Å². The molecule has 0 atom stereocenters. The molecule has 0 aliphatic rings. The largest absolute Gasteiger partial charge is 0.481 e. The van der Waals surface area contributed by atoms with E-state index in [4.69, 9.17) is 9.52 Å². The number of hydrogen-bond acceptors (Lipinski definition) is 4. The zero-order valence-electron chi connectivity index (χ0n) is 10.00. The first-order valence-corrected chi connectivity index (χ1v) is 5.63. The maximum absolute atomic E-state index is 11.9. The third-order valence-electron chi connectivity index (χ3n) is 2.46. The Bertz CT molecular complexity index is 577. The summed E-state index contributed by atoms with van der Waals surface area (Å²) in [6.07, 6.45) is 2.61. The maximum Gasteiger partial charge on any atom is 0.311 e. The van der Waals surface area contributed by atoms with Crippen LogP contribution in [0.4, 0.5) is 0 Å². The fourth-order valence-electron chi connectivity index (χ4n) is 1.59. The fraction of sp³-hybridized carbons (Fsp3) is 0.154. The lowest BCUT2D eigenvalue weighted by molar-refractivity contribution is -0.136. The average molecular weight is 260 g/mol. The van der Waals surface area contributed by atoms with Gasteiger partial charge in [-0.05, 0) is 18.2 Å². The fourth-order valence-corrected chi connectivity index (χ4v) is 1.59. The lowest BCUT2D eigenvalue weighted by Gasteiger charge is -2.04. The van der Waals surface area contributed by atoms with Gasteiger partial charge in [-0.25, -0.2) is 0 Å². The summed E-state index contributed by atoms with van der Waals surface area (Å²) in [5, 5.41) is 11.4. The molecule has 2 heterocycles. The van der Waals surface area contributed by atoms with E-state index >= 15 is 0 Å². The van der Waals surface area contributed by atoms with E-state index in [9.17, 15) is 9.59 Å². The second-order valence-corrected chi connectivity index (χ2v) is 3.83. The molecule has 0 radical (unpaired) electrons. The van der Waals surface area contributed by atoms with Crippen LogP contribution in [0.2, 0.25) is 0 Å². The molecule has 19 heavy (non-hydrogen) atoms. The summed E-state index contributed by atoms with van der Waals surface area (Å²) in [4.78, 5) is 26.6. The molecule has 0 saturated heterocycles. The third kappa shape index (κ3) is 3.41. The van der Waals surface area contributed by atoms with Gasteiger partial charge in [0.25, 0.3) is 5.91 Å². The van der Waals surface area contributed by atoms with Gasteiger partial charge in [-0.15, -0.1) is 0 Å². The first-order valence-electron chi connectivity index (χ1n) is 5.63. The van der Waals surface area contributed by atoms with Crippen molar-refractivity contribution in [3.05, 3.63) is 53.7 Å². The van der Waals surface area contributed by atoms with Crippen LogP contribution in [0.5, 0.6) is 0 Å². The summed E-state index contributed by atoms with van der Waals surface area (Å²) < 4.78 is 4.99. The molecule has 1 amide bonds. The standard InChI is InChI=1S/C13H12N2O4/c16-12(17)7-11-10(4-6-19-11)13(18)15-8-9-3-1-2-5-14-9/h1-6H,7-8H2,(H,15,18)(H,16,17). The number of pyridine rings is 1. The van der Waals surface area contributed by atoms with E-state index in [0.29, 0.717) is 0 Å². The zero-order valence-corrected chi connectivity index (χ0v) is 10.00. The number of carbonyl (C=O) groups excluding carboxylic acids is 1. The Kier molecular flexibility index (Phi) is 3.92. The molecule has 98 valence electrons. The minimum absolute atomic E-state index is 0.144. The topological polar surface area (TPSA) is 92.4 Å². The summed E-state index contributed by atoms with van der Waals surface area (Å²) in [6, 6.07) is 6.84. The van der Waals surface area contributed by atoms with Gasteiger partial charge in [0.05, 0.1) is 24.1 Å². The highest BCUT2D eigenvalue weighted by Crippen LogP contribution is 2.11. The van der Waals surface area contributed by atoms with E-state index in [-0.39, 0.29) is 30.2 Å². The molecular weight excluding hydrogens is 248 g/mol. The van der Waals surface area contributed by atoms with Gasteiger partial charge in [0, 0.05) is 6.20 Å². The quantitative estimate of drug-likeness (QED) is 0.843. The van der Waals surface area contributed by atoms with Gasteiger partial charge < -0.3 is 14.8 Å². The van der Waals surface area contributed by atoms with Crippen LogP contribution in [0.1, 0.15) is 21.8 Å². The minimum Gasteiger partial charge on any atom is -0.481 e. The molecule has 2 rings (SSSR count). The molecule has 0 fully saturated rings. The molecule has 2 aromatic rings. The van der Waals surface area contributed by atoms with Crippen LogP contribution < -0.4 is 5.32 Å². The van der Waals surface area contributed by atoms with Crippen LogP contribution in [0.3, 0.4) is 0 Å². The van der Waals surface area contributed by atoms with Crippen LogP contribution in [-0.2, 0) is 17.8 Å². The Morgan fingerprint density at radius 2 is 2.16 bits per heavy atom. The number of hydrogen-bond donors (Lipinski definition) is 2. The van der Waals surface area contributed by atoms with Crippen LogP contribution in [0.25, 0.3) is 0 Å². The summed E-state index contributed by atoms with van der Waals surface area (Å²) in [6.45, 7) is 0.275. The first-order chi connectivity index (χ1) is 9.16. The molecule has 0 aliphatic heterocycles. The van der Waals surface area contributed by atoms with E-state index < -0.39 is 5.97 Å². The Morgan fingerprint density at radius 3 is 2.84 bits per heavy atom. The monoisotopic (exact) mass is 260 g/mol. The number of nitrogens with zero attached hydrogens (tertiary/aromatic N) is 1. The molecule has 2 aromatic heterocycles. The van der Waals surface area contributed by atoms with Crippen molar-refractivity contribution in [1.29, 1.82) is 0 Å². The van der Waals surface area contributed by atoms with Gasteiger partial charge in [0.1, 0.15) is 12.2 Å². The van der Waals surface area contributed by atoms with Crippen molar-refractivity contribution in [1.82, 2.24) is 10.3 Å². The van der Waals surface area contributed by atoms with E-state index in [0.717, 1.165) is 5.69 Å². The number of aliphatic carboxylic acids is 1. The van der Waals surface area contributed by atoms with E-state index in [1.807, 2.05) is 6.07 Å². The van der Waals surface area contributed by atoms with E-state index in [1.165, 1.54) is 12.3 Å². The highest BCUT2D eigenvalue weighted by Gasteiger charge is 2.16. The van der Waals surface area contributed by atoms with Gasteiger partial charge in [-0.2, -0.15) is 0 Å². The van der Waals surface area contributed by atoms with Crippen molar-refractivity contribution in [2.24, 2.45) is 0 Å². The molecule has 0 aliphatic carbocycles. The number of carboxylic acid groups (broad SMARTS) is 1. The number of carboxylic acids is 1. The lowest BCUT2D eigenvalue weighted by Crippen LogP contribution is -2.24. The molecule has 0 aromatic carbocycles. The highest BCUT2D eigenvalue weighted by atomic mass is 16.4. The third-order valence-corrected chi connectivity index (χ3v) is 2.46. The lowest BCUT2D eigenvalue weighted by atomic mass is 10.2. The van der Waals surface area contributed by atoms with E-state index in [1.54, 1.807) is 18.3 Å². The van der Waals surface area contributed by atoms with Gasteiger partial charge in [0.2, 0.25) is 0 Å². The summed E-state index contributed by atoms with van der Waals surface area (Å²) in [5.41, 5.74) is 0.956. The molecule has 0 unspecified atom stereocenters. The molecule has 2 N–H and O–H groups in total. The molecule has 0 bridgehead atoms. The molecule has 0 saturated carbocycles. The predicted octanol–water partition coefficient (Wildman–Crippen LogP) is 1.23. The van der Waals surface area contributed by atoms with Gasteiger partial charge in [-0.3, -0.25) is 14.6 Å². The van der Waals surface area contributed by atoms with E-state index in [2.05, 4.69) is 10.3 Å². The number of amides is 1. The molecule has 6 heteroatoms. The SMILES string of the molecule is O=C(O)Cc1occc1C(=O)NCc1ccccn1. The van der Waals surface area contributed by atoms with Gasteiger partial charge in [-0.1, -0.05) is 6.07 Å². The van der Waals surface area contributed by atoms with Crippen molar-refractivity contribution >= 4 is 11.9 Å². The van der Waals surface area contributed by atoms with Crippen molar-refractivity contribution < 1.29 is 19.1 Å². The number of rotatable bonds is 5. The van der Waals surface area contributed by atoms with Crippen molar-refractivity contribution in [3.63, 3.8) is 0 Å². The summed E-state index contributed by atoms with van der Waals surface area (Å²) in [7, 11) is 0. The average Bonchev–Trinajstić information content (AvgIpc) is 2.84. The van der Waals surface area contributed by atoms with Crippen LogP contribution >= 0.6 is 0 Å². The van der Waals surface area contributed by atoms with Crippen LogP contribution in [0.15, 0.2) is 41.1 Å². The number of nitrogens with one attached hydrogen (secondary N) is 1. The number of furan rings is 1. The van der Waals surface area contributed by atoms with Crippen molar-refractivity contribution in [2.45, 2.75) is 13.0 Å². The molecule has 6 nitrogen and oxygen atoms in total. The summed E-state index contributed by atoms with van der Waals surface area (Å²) >= 11 is 0. The Hall–Kier alpha value is -2.63. The summed E-state index contributed by atoms with van der Waals surface area (Å²) in [5.74, 6) is -1.28. The first kappa shape index (κ1) is 12.8. The predicted molar refractivity (Wildman–Crippen MR) is 65.5 cm³/mol. The second-order valence-electron chi connectivity index (χ2n) is 3.83. The molecule has 0 spiro atoms. The van der Waals surface area contributed by atoms with Crippen LogP contribution in [-0.4, -0.2) is 22.0 Å². The number of aromatic nitrogens is 1. The Morgan fingerprint density at radius 1 is 1.32 bits per heavy atom. The molecular formula is C13H12N2O4. The Balaban J connectivity index is 2.00. The zero-order chi connectivity index (χ0) is 13.7. The smallest absolute Gasteiger partial charge is 0.311 e. The van der Waals surface area contributed by atoms with Crippen molar-refractivity contribution in [3.8, 4) is 0 Å². The van der Waals surface area contributed by atoms with Gasteiger partial charge in [0.15, 0.2) is 0 Å². The second kappa shape index (κ2) is 5.81. The maximum atomic E-state index is 11.9. The van der Waals surface area contributed by atoms with Crippen LogP contribution in [0, 0.1) is 0 Å². The minimum atomic E-state index is -1.05. The Labute approximate surface area is 109 Å². The van der Waals surface area contributed by atoms with Crippen molar-refractivity contribution in [2.75, 3.05) is 0 Å². The normalized spacial score (nSPS) is 10.1. The number of carbonyl (C=O) groups is 2. The highest BCUT2D eigenvalue weighted by molar-refractivity contribution is 5.95.